The molecule has 20 heavy (non-hydrogen) atoms. The summed E-state index contributed by atoms with van der Waals surface area (Å²) in [6.45, 7) is 4.18. The maximum absolute atomic E-state index is 11.5. The highest BCUT2D eigenvalue weighted by Gasteiger charge is 2.26. The molecule has 0 aliphatic carbocycles. The van der Waals surface area contributed by atoms with Crippen molar-refractivity contribution in [3.63, 3.8) is 0 Å². The number of carbonyl (C=O) groups excluding carboxylic acids is 2. The van der Waals surface area contributed by atoms with Gasteiger partial charge in [0.05, 0.1) is 5.41 Å². The van der Waals surface area contributed by atoms with E-state index in [9.17, 15) is 9.59 Å². The summed E-state index contributed by atoms with van der Waals surface area (Å²) >= 11 is 0. The fourth-order valence-corrected chi connectivity index (χ4v) is 1.57. The van der Waals surface area contributed by atoms with Gasteiger partial charge in [0.15, 0.2) is 0 Å². The Morgan fingerprint density at radius 2 is 1.75 bits per heavy atom. The van der Waals surface area contributed by atoms with Crippen molar-refractivity contribution >= 4 is 29.9 Å². The minimum absolute atomic E-state index is 0. The summed E-state index contributed by atoms with van der Waals surface area (Å²) in [6.07, 6.45) is 0.422. The van der Waals surface area contributed by atoms with Gasteiger partial charge in [-0.05, 0) is 38.6 Å². The highest BCUT2D eigenvalue weighted by molar-refractivity contribution is 5.91. The van der Waals surface area contributed by atoms with Gasteiger partial charge >= 0.3 is 0 Å². The van der Waals surface area contributed by atoms with E-state index in [1.807, 2.05) is 0 Å². The van der Waals surface area contributed by atoms with E-state index in [4.69, 9.17) is 5.73 Å². The van der Waals surface area contributed by atoms with Gasteiger partial charge in [-0.1, -0.05) is 12.1 Å². The maximum Gasteiger partial charge on any atom is 0.227 e. The van der Waals surface area contributed by atoms with Crippen LogP contribution in [-0.2, 0) is 15.0 Å². The van der Waals surface area contributed by atoms with Gasteiger partial charge in [0.25, 0.3) is 0 Å². The number of rotatable bonds is 6. The number of nitrogens with one attached hydrogen (secondary N) is 2. The van der Waals surface area contributed by atoms with Gasteiger partial charge in [0.1, 0.15) is 0 Å². The second-order valence-corrected chi connectivity index (χ2v) is 4.97. The van der Waals surface area contributed by atoms with Crippen LogP contribution >= 0.6 is 12.4 Å². The van der Waals surface area contributed by atoms with E-state index >= 15 is 0 Å². The van der Waals surface area contributed by atoms with Gasteiger partial charge in [-0.25, -0.2) is 0 Å². The lowest BCUT2D eigenvalue weighted by atomic mass is 9.84. The maximum atomic E-state index is 11.5. The highest BCUT2D eigenvalue weighted by Crippen LogP contribution is 2.24. The molecule has 0 atom stereocenters. The number of primary amides is 1. The largest absolute Gasteiger partial charge is 0.369 e. The van der Waals surface area contributed by atoms with Crippen LogP contribution in [0.5, 0.6) is 0 Å². The second-order valence-electron chi connectivity index (χ2n) is 4.97. The third-order valence-corrected chi connectivity index (χ3v) is 3.11. The van der Waals surface area contributed by atoms with Crippen LogP contribution in [0.4, 0.5) is 5.69 Å². The van der Waals surface area contributed by atoms with Crippen LogP contribution in [0.3, 0.4) is 0 Å². The smallest absolute Gasteiger partial charge is 0.227 e. The first-order valence-electron chi connectivity index (χ1n) is 6.23. The molecule has 0 aliphatic heterocycles. The van der Waals surface area contributed by atoms with Crippen LogP contribution in [0.15, 0.2) is 24.3 Å². The molecule has 112 valence electrons. The van der Waals surface area contributed by atoms with Gasteiger partial charge < -0.3 is 16.4 Å². The topological polar surface area (TPSA) is 84.2 Å². The number of hydrogen-bond donors (Lipinski definition) is 3. The fraction of sp³-hybridized carbons (Fsp3) is 0.429. The van der Waals surface area contributed by atoms with Crippen molar-refractivity contribution in [2.75, 3.05) is 18.9 Å². The molecule has 0 spiro atoms. The summed E-state index contributed by atoms with van der Waals surface area (Å²) in [6, 6.07) is 7.16. The van der Waals surface area contributed by atoms with Crippen LogP contribution in [0.2, 0.25) is 0 Å². The van der Waals surface area contributed by atoms with Crippen LogP contribution in [0.1, 0.15) is 25.8 Å². The average molecular weight is 300 g/mol. The Labute approximate surface area is 125 Å². The monoisotopic (exact) mass is 299 g/mol. The van der Waals surface area contributed by atoms with Gasteiger partial charge in [-0.15, -0.1) is 12.4 Å². The van der Waals surface area contributed by atoms with Gasteiger partial charge in [-0.2, -0.15) is 0 Å². The minimum Gasteiger partial charge on any atom is -0.369 e. The molecule has 1 aromatic carbocycles. The summed E-state index contributed by atoms with van der Waals surface area (Å²) in [5, 5.41) is 5.70. The predicted octanol–water partition coefficient (Wildman–Crippen LogP) is 1.42. The molecule has 0 unspecified atom stereocenters. The van der Waals surface area contributed by atoms with Crippen molar-refractivity contribution in [2.24, 2.45) is 5.73 Å². The number of amides is 2. The van der Waals surface area contributed by atoms with E-state index in [0.717, 1.165) is 5.56 Å². The fourth-order valence-electron chi connectivity index (χ4n) is 1.57. The van der Waals surface area contributed by atoms with Crippen molar-refractivity contribution in [1.82, 2.24) is 5.32 Å². The zero-order chi connectivity index (χ0) is 14.5. The lowest BCUT2D eigenvalue weighted by Crippen LogP contribution is -2.35. The molecule has 4 N–H and O–H groups in total. The van der Waals surface area contributed by atoms with E-state index in [-0.39, 0.29) is 24.2 Å². The third-order valence-electron chi connectivity index (χ3n) is 3.11. The number of halogens is 1. The molecule has 5 nitrogen and oxygen atoms in total. The molecule has 0 radical (unpaired) electrons. The van der Waals surface area contributed by atoms with Gasteiger partial charge in [0, 0.05) is 18.7 Å². The second kappa shape index (κ2) is 7.87. The number of carbonyl (C=O) groups is 2. The Kier molecular flexibility index (Phi) is 7.24. The van der Waals surface area contributed by atoms with E-state index in [2.05, 4.69) is 10.6 Å². The normalized spacial score (nSPS) is 10.6. The average Bonchev–Trinajstić information content (AvgIpc) is 2.36. The Bertz CT molecular complexity index is 458. The summed E-state index contributed by atoms with van der Waals surface area (Å²) in [4.78, 5) is 22.9. The van der Waals surface area contributed by atoms with Crippen LogP contribution in [0.25, 0.3) is 0 Å². The zero-order valence-corrected chi connectivity index (χ0v) is 12.8. The predicted molar refractivity (Wildman–Crippen MR) is 83.1 cm³/mol. The lowest BCUT2D eigenvalue weighted by Gasteiger charge is -2.21. The van der Waals surface area contributed by atoms with Crippen LogP contribution < -0.4 is 16.4 Å². The molecule has 6 heteroatoms. The standard InChI is InChI=1S/C14H21N3O2.ClH/c1-14(2,13(15)19)10-4-6-11(7-5-10)17-12(18)8-9-16-3;/h4-7,16H,8-9H2,1-3H3,(H2,15,19)(H,17,18);1H. The lowest BCUT2D eigenvalue weighted by molar-refractivity contribution is -0.122. The quantitative estimate of drug-likeness (QED) is 0.743. The van der Waals surface area contributed by atoms with E-state index in [1.165, 1.54) is 0 Å². The molecule has 0 bridgehead atoms. The number of nitrogens with two attached hydrogens (primary N) is 1. The van der Waals surface area contributed by atoms with E-state index in [1.54, 1.807) is 45.2 Å². The molecule has 2 amide bonds. The molecular formula is C14H22ClN3O2. The Balaban J connectivity index is 0.00000361. The first kappa shape index (κ1) is 18.4. The molecule has 0 aliphatic rings. The summed E-state index contributed by atoms with van der Waals surface area (Å²) in [5.74, 6) is -0.422. The molecule has 0 heterocycles. The van der Waals surface area contributed by atoms with Gasteiger partial charge in [-0.3, -0.25) is 9.59 Å². The first-order valence-corrected chi connectivity index (χ1v) is 6.23. The van der Waals surface area contributed by atoms with Gasteiger partial charge in [0.2, 0.25) is 11.8 Å². The first-order chi connectivity index (χ1) is 8.87. The van der Waals surface area contributed by atoms with Crippen LogP contribution in [-0.4, -0.2) is 25.4 Å². The molecule has 1 rings (SSSR count). The third kappa shape index (κ3) is 4.83. The van der Waals surface area contributed by atoms with Crippen molar-refractivity contribution < 1.29 is 9.59 Å². The van der Waals surface area contributed by atoms with Crippen molar-refractivity contribution in [3.8, 4) is 0 Å². The molecule has 0 saturated carbocycles. The van der Waals surface area contributed by atoms with Crippen molar-refractivity contribution in [3.05, 3.63) is 29.8 Å². The minimum atomic E-state index is -0.714. The van der Waals surface area contributed by atoms with Crippen molar-refractivity contribution in [2.45, 2.75) is 25.7 Å². The van der Waals surface area contributed by atoms with Crippen LogP contribution in [0, 0.1) is 0 Å². The number of benzene rings is 1. The van der Waals surface area contributed by atoms with E-state index < -0.39 is 5.41 Å². The van der Waals surface area contributed by atoms with Crippen molar-refractivity contribution in [1.29, 1.82) is 0 Å². The SMILES string of the molecule is CNCCC(=O)Nc1ccc(C(C)(C)C(N)=O)cc1.Cl. The van der Waals surface area contributed by atoms with E-state index in [0.29, 0.717) is 18.7 Å². The Morgan fingerprint density at radius 3 is 2.20 bits per heavy atom. The Hall–Kier alpha value is -1.59. The Morgan fingerprint density at radius 1 is 1.20 bits per heavy atom. The summed E-state index contributed by atoms with van der Waals surface area (Å²) in [5.41, 5.74) is 6.19. The number of hydrogen-bond acceptors (Lipinski definition) is 3. The molecular weight excluding hydrogens is 278 g/mol. The summed E-state index contributed by atoms with van der Waals surface area (Å²) < 4.78 is 0. The number of anilines is 1. The molecule has 1 aromatic rings. The molecule has 0 aromatic heterocycles. The summed E-state index contributed by atoms with van der Waals surface area (Å²) in [7, 11) is 1.80. The highest BCUT2D eigenvalue weighted by atomic mass is 35.5. The zero-order valence-electron chi connectivity index (χ0n) is 12.0. The molecule has 0 fully saturated rings. The molecule has 0 saturated heterocycles.